The fourth-order valence-electron chi connectivity index (χ4n) is 11.2. The van der Waals surface area contributed by atoms with Crippen LogP contribution in [0.4, 0.5) is 24.5 Å². The summed E-state index contributed by atoms with van der Waals surface area (Å²) >= 11 is 0. The molecule has 0 bridgehead atoms. The molecular formula is C63H45F3N4. The molecule has 0 spiro atoms. The van der Waals surface area contributed by atoms with E-state index in [0.717, 1.165) is 78.2 Å². The molecule has 0 aliphatic heterocycles. The van der Waals surface area contributed by atoms with Gasteiger partial charge in [-0.1, -0.05) is 108 Å². The number of nitrogens with zero attached hydrogens (tertiary/aromatic N) is 4. The van der Waals surface area contributed by atoms with Crippen molar-refractivity contribution in [3.05, 3.63) is 226 Å². The Balaban J connectivity index is 1.18. The summed E-state index contributed by atoms with van der Waals surface area (Å²) in [4.78, 5) is 7.71. The second-order valence-electron chi connectivity index (χ2n) is 18.6. The van der Waals surface area contributed by atoms with Gasteiger partial charge in [0.25, 0.3) is 0 Å². The Kier molecular flexibility index (Phi) is 10.4. The van der Waals surface area contributed by atoms with E-state index in [1.165, 1.54) is 50.6 Å². The number of aryl methyl sites for hydroxylation is 6. The SMILES string of the molecule is [C-]#[N+]c1cc(C(F)(F)F)ccc1-c1ccc(-n2c3ccccc3c3cc(-c4c(C)cc(C)cc4C)ccc32)c(-c2cc(-n3c4ccccc4c4cc(-c5c(C)cc(C)cc5C)ccc43)ccc2[N+]#[C-])c1. The van der Waals surface area contributed by atoms with Crippen LogP contribution >= 0.6 is 0 Å². The number of hydrogen-bond acceptors (Lipinski definition) is 0. The predicted octanol–water partition coefficient (Wildman–Crippen LogP) is 18.5. The van der Waals surface area contributed by atoms with Gasteiger partial charge in [-0.3, -0.25) is 0 Å². The second kappa shape index (κ2) is 16.5. The Morgan fingerprint density at radius 3 is 1.44 bits per heavy atom. The maximum absolute atomic E-state index is 14.0. The fourth-order valence-corrected chi connectivity index (χ4v) is 11.2. The van der Waals surface area contributed by atoms with Crippen molar-refractivity contribution in [2.24, 2.45) is 0 Å². The van der Waals surface area contributed by atoms with Crippen molar-refractivity contribution in [3.8, 4) is 55.9 Å². The number of aromatic nitrogens is 2. The molecule has 0 aliphatic carbocycles. The largest absolute Gasteiger partial charge is 0.415 e. The number of benzene rings is 9. The molecule has 11 aromatic rings. The monoisotopic (exact) mass is 914 g/mol. The summed E-state index contributed by atoms with van der Waals surface area (Å²) in [6, 6.07) is 53.8. The van der Waals surface area contributed by atoms with Gasteiger partial charge in [0, 0.05) is 32.8 Å². The van der Waals surface area contributed by atoms with Crippen LogP contribution in [0.25, 0.3) is 109 Å². The van der Waals surface area contributed by atoms with Crippen LogP contribution in [0.1, 0.15) is 38.9 Å². The molecule has 0 saturated heterocycles. The van der Waals surface area contributed by atoms with E-state index in [1.807, 2.05) is 48.5 Å². The van der Waals surface area contributed by atoms with Crippen molar-refractivity contribution < 1.29 is 13.2 Å². The number of alkyl halides is 3. The number of halogens is 3. The van der Waals surface area contributed by atoms with Crippen LogP contribution in [-0.4, -0.2) is 9.13 Å². The molecular weight excluding hydrogens is 870 g/mol. The van der Waals surface area contributed by atoms with Gasteiger partial charge in [0.05, 0.1) is 40.9 Å². The summed E-state index contributed by atoms with van der Waals surface area (Å²) in [5.74, 6) is 0. The topological polar surface area (TPSA) is 18.6 Å². The first-order valence-corrected chi connectivity index (χ1v) is 23.2. The summed E-state index contributed by atoms with van der Waals surface area (Å²) in [6.45, 7) is 29.5. The van der Waals surface area contributed by atoms with Crippen LogP contribution in [0.15, 0.2) is 164 Å². The molecule has 0 atom stereocenters. The van der Waals surface area contributed by atoms with Crippen LogP contribution in [-0.2, 0) is 6.18 Å². The Hall–Kier alpha value is -8.65. The third-order valence-corrected chi connectivity index (χ3v) is 13.9. The predicted molar refractivity (Wildman–Crippen MR) is 283 cm³/mol. The molecule has 2 heterocycles. The van der Waals surface area contributed by atoms with E-state index in [9.17, 15) is 13.2 Å². The van der Waals surface area contributed by atoms with Crippen LogP contribution in [0.2, 0.25) is 0 Å². The molecule has 0 radical (unpaired) electrons. The third-order valence-electron chi connectivity index (χ3n) is 13.9. The first-order valence-electron chi connectivity index (χ1n) is 23.2. The highest BCUT2D eigenvalue weighted by atomic mass is 19.4. The van der Waals surface area contributed by atoms with Crippen molar-refractivity contribution in [2.75, 3.05) is 0 Å². The highest BCUT2D eigenvalue weighted by Crippen LogP contribution is 2.46. The Labute approximate surface area is 404 Å². The molecule has 0 amide bonds. The molecule has 7 heteroatoms. The number of fused-ring (bicyclic) bond motifs is 6. The van der Waals surface area contributed by atoms with Crippen molar-refractivity contribution >= 4 is 55.0 Å². The zero-order chi connectivity index (χ0) is 48.7. The standard InChI is InChI=1S/C63H45F3N4/c1-36-27-38(3)61(39(4)28-36)43-18-25-58-51(32-43)48-13-9-11-15-56(48)69(58)46-21-23-54(67-7)50(35-46)53-31-42(47-22-20-45(63(64,65)66)34-55(47)68-8)17-24-60(53)70-57-16-12-10-14-49(57)52-33-44(19-26-59(52)70)62-40(5)29-37(2)30-41(62)6/h9-35H,1-6H3. The lowest BCUT2D eigenvalue weighted by atomic mass is 9.93. The van der Waals surface area contributed by atoms with E-state index in [2.05, 4.69) is 157 Å². The minimum Gasteiger partial charge on any atom is -0.309 e. The zero-order valence-electron chi connectivity index (χ0n) is 39.5. The summed E-state index contributed by atoms with van der Waals surface area (Å²) in [7, 11) is 0. The zero-order valence-corrected chi connectivity index (χ0v) is 39.5. The lowest BCUT2D eigenvalue weighted by Gasteiger charge is -2.19. The first-order chi connectivity index (χ1) is 33.7. The van der Waals surface area contributed by atoms with Gasteiger partial charge in [-0.05, 0) is 175 Å². The van der Waals surface area contributed by atoms with Gasteiger partial charge in [-0.2, -0.15) is 13.2 Å². The molecule has 0 fully saturated rings. The van der Waals surface area contributed by atoms with Gasteiger partial charge in [0.15, 0.2) is 11.4 Å². The molecule has 0 aliphatic rings. The lowest BCUT2D eigenvalue weighted by Crippen LogP contribution is -2.04. The van der Waals surface area contributed by atoms with Gasteiger partial charge in [0.1, 0.15) is 0 Å². The van der Waals surface area contributed by atoms with Crippen molar-refractivity contribution in [3.63, 3.8) is 0 Å². The number of rotatable bonds is 6. The van der Waals surface area contributed by atoms with Gasteiger partial charge >= 0.3 is 6.18 Å². The molecule has 0 saturated carbocycles. The Morgan fingerprint density at radius 1 is 0.400 bits per heavy atom. The summed E-state index contributed by atoms with van der Waals surface area (Å²) in [6.07, 6.45) is -4.61. The van der Waals surface area contributed by atoms with E-state index >= 15 is 0 Å². The second-order valence-corrected chi connectivity index (χ2v) is 18.6. The highest BCUT2D eigenvalue weighted by molar-refractivity contribution is 6.12. The molecule has 0 unspecified atom stereocenters. The van der Waals surface area contributed by atoms with Gasteiger partial charge in [-0.25, -0.2) is 9.69 Å². The van der Waals surface area contributed by atoms with Gasteiger partial charge in [-0.15, -0.1) is 0 Å². The summed E-state index contributed by atoms with van der Waals surface area (Å²) < 4.78 is 46.5. The van der Waals surface area contributed by atoms with E-state index in [0.29, 0.717) is 27.9 Å². The molecule has 2 aromatic heterocycles. The summed E-state index contributed by atoms with van der Waals surface area (Å²) in [5, 5.41) is 4.30. The van der Waals surface area contributed by atoms with Crippen LogP contribution in [0.3, 0.4) is 0 Å². The van der Waals surface area contributed by atoms with Crippen LogP contribution < -0.4 is 0 Å². The van der Waals surface area contributed by atoms with E-state index in [-0.39, 0.29) is 5.69 Å². The third kappa shape index (κ3) is 7.13. The van der Waals surface area contributed by atoms with Crippen molar-refractivity contribution in [1.29, 1.82) is 0 Å². The molecule has 11 rings (SSSR count). The molecule has 9 aromatic carbocycles. The van der Waals surface area contributed by atoms with Crippen molar-refractivity contribution in [1.82, 2.24) is 9.13 Å². The molecule has 70 heavy (non-hydrogen) atoms. The maximum Gasteiger partial charge on any atom is 0.415 e. The minimum absolute atomic E-state index is 0.112. The Bertz CT molecular complexity index is 4050. The number of para-hydroxylation sites is 2. The molecule has 338 valence electrons. The highest BCUT2D eigenvalue weighted by Gasteiger charge is 2.31. The molecule has 0 N–H and O–H groups in total. The quantitative estimate of drug-likeness (QED) is 0.148. The van der Waals surface area contributed by atoms with Crippen molar-refractivity contribution in [2.45, 2.75) is 47.7 Å². The van der Waals surface area contributed by atoms with E-state index in [1.54, 1.807) is 0 Å². The maximum atomic E-state index is 14.0. The first kappa shape index (κ1) is 43.9. The average molecular weight is 915 g/mol. The van der Waals surface area contributed by atoms with Crippen LogP contribution in [0, 0.1) is 54.7 Å². The van der Waals surface area contributed by atoms with E-state index < -0.39 is 11.7 Å². The fraction of sp³-hybridized carbons (Fsp3) is 0.111. The number of hydrogen-bond donors (Lipinski definition) is 0. The minimum atomic E-state index is -4.61. The normalized spacial score (nSPS) is 11.8. The lowest BCUT2D eigenvalue weighted by molar-refractivity contribution is -0.137. The molecule has 4 nitrogen and oxygen atoms in total. The van der Waals surface area contributed by atoms with Gasteiger partial charge < -0.3 is 9.13 Å². The van der Waals surface area contributed by atoms with Crippen LogP contribution in [0.5, 0.6) is 0 Å². The average Bonchev–Trinajstić information content (AvgIpc) is 3.84. The summed E-state index contributed by atoms with van der Waals surface area (Å²) in [5.41, 5.74) is 19.1. The van der Waals surface area contributed by atoms with E-state index in [4.69, 9.17) is 13.1 Å². The smallest absolute Gasteiger partial charge is 0.309 e. The van der Waals surface area contributed by atoms with Gasteiger partial charge in [0.2, 0.25) is 0 Å². The Morgan fingerprint density at radius 2 is 0.900 bits per heavy atom.